The summed E-state index contributed by atoms with van der Waals surface area (Å²) in [4.78, 5) is 13.2. The van der Waals surface area contributed by atoms with E-state index >= 15 is 0 Å². The van der Waals surface area contributed by atoms with Gasteiger partial charge in [0, 0.05) is 6.54 Å². The number of halogens is 1. The van der Waals surface area contributed by atoms with Crippen LogP contribution in [0, 0.1) is 0 Å². The molecule has 4 heteroatoms. The Kier molecular flexibility index (Phi) is 4.84. The first-order valence-electron chi connectivity index (χ1n) is 7.42. The van der Waals surface area contributed by atoms with Crippen LogP contribution in [0.1, 0.15) is 49.7 Å². The third-order valence-electron chi connectivity index (χ3n) is 4.28. The van der Waals surface area contributed by atoms with Gasteiger partial charge in [0.05, 0.1) is 16.6 Å². The molecule has 0 spiro atoms. The Morgan fingerprint density at radius 3 is 2.33 bits per heavy atom. The number of hydrogen-bond donors (Lipinski definition) is 0. The molecule has 0 saturated carbocycles. The first-order chi connectivity index (χ1) is 10.1. The molecule has 0 radical (unpaired) electrons. The summed E-state index contributed by atoms with van der Waals surface area (Å²) >= 11 is 6.22. The van der Waals surface area contributed by atoms with Gasteiger partial charge in [-0.2, -0.15) is 5.10 Å². The molecule has 1 aromatic carbocycles. The van der Waals surface area contributed by atoms with Gasteiger partial charge in [0.2, 0.25) is 0 Å². The zero-order valence-electron chi connectivity index (χ0n) is 12.8. The highest BCUT2D eigenvalue weighted by molar-refractivity contribution is 6.34. The lowest BCUT2D eigenvalue weighted by atomic mass is 9.71. The Balaban J connectivity index is 2.58. The Labute approximate surface area is 130 Å². The minimum absolute atomic E-state index is 0.0584. The number of carbonyl (C=O) groups is 1. The molecule has 1 aromatic heterocycles. The highest BCUT2D eigenvalue weighted by Crippen LogP contribution is 2.36. The number of nitrogens with zero attached hydrogens (tertiary/aromatic N) is 2. The van der Waals surface area contributed by atoms with Crippen molar-refractivity contribution in [1.29, 1.82) is 0 Å². The molecule has 0 atom stereocenters. The van der Waals surface area contributed by atoms with E-state index < -0.39 is 5.41 Å². The van der Waals surface area contributed by atoms with Gasteiger partial charge in [0.1, 0.15) is 5.69 Å². The van der Waals surface area contributed by atoms with Crippen LogP contribution in [0.4, 0.5) is 0 Å². The maximum absolute atomic E-state index is 13.2. The fraction of sp³-hybridized carbons (Fsp3) is 0.412. The molecule has 0 fully saturated rings. The van der Waals surface area contributed by atoms with Gasteiger partial charge in [-0.3, -0.25) is 9.48 Å². The monoisotopic (exact) mass is 304 g/mol. The Bertz CT molecular complexity index is 615. The SMILES string of the molecule is CCn1ncc(Cl)c1C(=O)C(CC)(CC)c1ccccc1. The average molecular weight is 305 g/mol. The maximum atomic E-state index is 13.2. The number of Topliss-reactive ketones (excluding diaryl/α,β-unsaturated/α-hetero) is 1. The second-order valence-corrected chi connectivity index (χ2v) is 5.55. The Morgan fingerprint density at radius 1 is 1.19 bits per heavy atom. The number of aryl methyl sites for hydroxylation is 1. The highest BCUT2D eigenvalue weighted by Gasteiger charge is 2.39. The molecule has 0 aliphatic carbocycles. The summed E-state index contributed by atoms with van der Waals surface area (Å²) in [6.07, 6.45) is 3.02. The average Bonchev–Trinajstić information content (AvgIpc) is 2.90. The van der Waals surface area contributed by atoms with Crippen molar-refractivity contribution in [3.05, 3.63) is 52.8 Å². The normalized spacial score (nSPS) is 11.6. The summed E-state index contributed by atoms with van der Waals surface area (Å²) in [5, 5.41) is 4.63. The summed E-state index contributed by atoms with van der Waals surface area (Å²) in [5.74, 6) is 0.0584. The smallest absolute Gasteiger partial charge is 0.192 e. The van der Waals surface area contributed by atoms with E-state index in [9.17, 15) is 4.79 Å². The minimum Gasteiger partial charge on any atom is -0.291 e. The Morgan fingerprint density at radius 2 is 1.81 bits per heavy atom. The van der Waals surface area contributed by atoms with Crippen LogP contribution in [0.3, 0.4) is 0 Å². The maximum Gasteiger partial charge on any atom is 0.192 e. The zero-order valence-corrected chi connectivity index (χ0v) is 13.5. The van der Waals surface area contributed by atoms with E-state index in [1.807, 2.05) is 37.3 Å². The number of rotatable bonds is 6. The van der Waals surface area contributed by atoms with Crippen molar-refractivity contribution < 1.29 is 4.79 Å². The highest BCUT2D eigenvalue weighted by atomic mass is 35.5. The topological polar surface area (TPSA) is 34.9 Å². The lowest BCUT2D eigenvalue weighted by molar-refractivity contribution is 0.0861. The molecule has 2 rings (SSSR count). The van der Waals surface area contributed by atoms with Crippen molar-refractivity contribution in [2.24, 2.45) is 0 Å². The molecular formula is C17H21ClN2O. The summed E-state index contributed by atoms with van der Waals surface area (Å²) in [6.45, 7) is 6.69. The van der Waals surface area contributed by atoms with Gasteiger partial charge in [-0.15, -0.1) is 0 Å². The molecular weight excluding hydrogens is 284 g/mol. The van der Waals surface area contributed by atoms with E-state index in [-0.39, 0.29) is 5.78 Å². The second-order valence-electron chi connectivity index (χ2n) is 5.14. The summed E-state index contributed by atoms with van der Waals surface area (Å²) in [6, 6.07) is 9.95. The van der Waals surface area contributed by atoms with Crippen LogP contribution in [0.2, 0.25) is 5.02 Å². The van der Waals surface area contributed by atoms with E-state index in [0.29, 0.717) is 17.3 Å². The van der Waals surface area contributed by atoms with Gasteiger partial charge in [-0.1, -0.05) is 55.8 Å². The van der Waals surface area contributed by atoms with Gasteiger partial charge < -0.3 is 0 Å². The van der Waals surface area contributed by atoms with Crippen molar-refractivity contribution >= 4 is 17.4 Å². The predicted molar refractivity (Wildman–Crippen MR) is 85.9 cm³/mol. The van der Waals surface area contributed by atoms with Crippen LogP contribution in [-0.4, -0.2) is 15.6 Å². The van der Waals surface area contributed by atoms with Gasteiger partial charge in [-0.25, -0.2) is 0 Å². The molecule has 0 unspecified atom stereocenters. The molecule has 0 amide bonds. The zero-order chi connectivity index (χ0) is 15.5. The van der Waals surface area contributed by atoms with Crippen LogP contribution in [0.25, 0.3) is 0 Å². The molecule has 0 saturated heterocycles. The van der Waals surface area contributed by atoms with E-state index in [2.05, 4.69) is 18.9 Å². The van der Waals surface area contributed by atoms with Gasteiger partial charge in [0.25, 0.3) is 0 Å². The van der Waals surface area contributed by atoms with Crippen LogP contribution >= 0.6 is 11.6 Å². The molecule has 0 N–H and O–H groups in total. The van der Waals surface area contributed by atoms with Crippen LogP contribution in [-0.2, 0) is 12.0 Å². The largest absolute Gasteiger partial charge is 0.291 e. The predicted octanol–water partition coefficient (Wildman–Crippen LogP) is 4.50. The third-order valence-corrected chi connectivity index (χ3v) is 4.55. The fourth-order valence-corrected chi connectivity index (χ4v) is 3.15. The number of aromatic nitrogens is 2. The molecule has 0 aliphatic rings. The van der Waals surface area contributed by atoms with E-state index in [4.69, 9.17) is 11.6 Å². The van der Waals surface area contributed by atoms with Gasteiger partial charge in [0.15, 0.2) is 5.78 Å². The summed E-state index contributed by atoms with van der Waals surface area (Å²) < 4.78 is 1.69. The molecule has 0 aliphatic heterocycles. The van der Waals surface area contributed by atoms with Crippen molar-refractivity contribution in [1.82, 2.24) is 9.78 Å². The van der Waals surface area contributed by atoms with Crippen molar-refractivity contribution in [3.63, 3.8) is 0 Å². The van der Waals surface area contributed by atoms with E-state index in [1.165, 1.54) is 0 Å². The lowest BCUT2D eigenvalue weighted by Crippen LogP contribution is -2.36. The summed E-state index contributed by atoms with van der Waals surface area (Å²) in [7, 11) is 0. The number of benzene rings is 1. The number of carbonyl (C=O) groups excluding carboxylic acids is 1. The standard InChI is InChI=1S/C17H21ClN2O/c1-4-17(5-2,13-10-8-7-9-11-13)16(21)15-14(18)12-19-20(15)6-3/h7-12H,4-6H2,1-3H3. The molecule has 112 valence electrons. The van der Waals surface area contributed by atoms with Gasteiger partial charge >= 0.3 is 0 Å². The molecule has 1 heterocycles. The molecule has 2 aromatic rings. The molecule has 0 bridgehead atoms. The van der Waals surface area contributed by atoms with Crippen LogP contribution in [0.5, 0.6) is 0 Å². The quantitative estimate of drug-likeness (QED) is 0.737. The molecule has 21 heavy (non-hydrogen) atoms. The third kappa shape index (κ3) is 2.62. The second kappa shape index (κ2) is 6.44. The van der Waals surface area contributed by atoms with Gasteiger partial charge in [-0.05, 0) is 25.3 Å². The minimum atomic E-state index is -0.544. The van der Waals surface area contributed by atoms with E-state index in [0.717, 1.165) is 18.4 Å². The lowest BCUT2D eigenvalue weighted by Gasteiger charge is -2.31. The Hall–Kier alpha value is -1.61. The first-order valence-corrected chi connectivity index (χ1v) is 7.80. The first kappa shape index (κ1) is 15.8. The number of ketones is 1. The van der Waals surface area contributed by atoms with Crippen molar-refractivity contribution in [3.8, 4) is 0 Å². The molecule has 3 nitrogen and oxygen atoms in total. The van der Waals surface area contributed by atoms with Crippen molar-refractivity contribution in [2.75, 3.05) is 0 Å². The number of hydrogen-bond acceptors (Lipinski definition) is 2. The fourth-order valence-electron chi connectivity index (χ4n) is 2.92. The van der Waals surface area contributed by atoms with Crippen LogP contribution < -0.4 is 0 Å². The van der Waals surface area contributed by atoms with E-state index in [1.54, 1.807) is 10.9 Å². The summed E-state index contributed by atoms with van der Waals surface area (Å²) in [5.41, 5.74) is 1.02. The van der Waals surface area contributed by atoms with Crippen molar-refractivity contribution in [2.45, 2.75) is 45.6 Å². The van der Waals surface area contributed by atoms with Crippen LogP contribution in [0.15, 0.2) is 36.5 Å².